The van der Waals surface area contributed by atoms with Crippen LogP contribution in [0.3, 0.4) is 0 Å². The average Bonchev–Trinajstić information content (AvgIpc) is 3.15. The first kappa shape index (κ1) is 19.4. The lowest BCUT2D eigenvalue weighted by Crippen LogP contribution is -2.05. The zero-order chi connectivity index (χ0) is 20.1. The second-order valence-corrected chi connectivity index (χ2v) is 6.76. The molecule has 9 nitrogen and oxygen atoms in total. The molecule has 10 heteroatoms. The minimum atomic E-state index is -0.954. The lowest BCUT2D eigenvalue weighted by Gasteiger charge is -2.10. The number of nitrogens with one attached hydrogen (secondary N) is 3. The Kier molecular flexibility index (Phi) is 5.92. The summed E-state index contributed by atoms with van der Waals surface area (Å²) in [6.07, 6.45) is 0. The van der Waals surface area contributed by atoms with Crippen molar-refractivity contribution < 1.29 is 19.9 Å². The summed E-state index contributed by atoms with van der Waals surface area (Å²) in [5.74, 6) is -0.832. The van der Waals surface area contributed by atoms with Crippen LogP contribution in [0.15, 0.2) is 47.6 Å². The van der Waals surface area contributed by atoms with Crippen molar-refractivity contribution in [3.8, 4) is 22.5 Å². The van der Waals surface area contributed by atoms with E-state index in [-0.39, 0.29) is 11.7 Å². The topological polar surface area (TPSA) is 140 Å². The van der Waals surface area contributed by atoms with Gasteiger partial charge in [-0.2, -0.15) is 0 Å². The van der Waals surface area contributed by atoms with Crippen LogP contribution in [0.25, 0.3) is 22.5 Å². The maximum atomic E-state index is 11.3. The number of aliphatic carboxylic acids is 1. The molecule has 0 aliphatic carbocycles. The molecule has 1 aromatic heterocycles. The van der Waals surface area contributed by atoms with E-state index in [1.165, 1.54) is 6.92 Å². The third kappa shape index (κ3) is 4.87. The van der Waals surface area contributed by atoms with Gasteiger partial charge in [-0.25, -0.2) is 4.98 Å². The molecule has 0 aliphatic heterocycles. The molecule has 3 rings (SSSR count). The summed E-state index contributed by atoms with van der Waals surface area (Å²) in [6.45, 7) is 1.44. The van der Waals surface area contributed by atoms with E-state index < -0.39 is 5.97 Å². The summed E-state index contributed by atoms with van der Waals surface area (Å²) in [5.41, 5.74) is 5.46. The molecule has 28 heavy (non-hydrogen) atoms. The molecule has 0 saturated heterocycles. The number of nitrogens with zero attached hydrogens (tertiary/aromatic N) is 2. The van der Waals surface area contributed by atoms with Gasteiger partial charge in [0.2, 0.25) is 11.1 Å². The van der Waals surface area contributed by atoms with E-state index in [2.05, 4.69) is 26.0 Å². The number of carbonyl (C=O) groups is 2. The standard InChI is InChI=1S/C18H17N5O4S/c1-10(24)19-14-4-2-3-11(6-14)12-5-13(8-15(7-12)23-27)17-20-18(22-21-17)28-9-16(25)26/h2-8,23,27H,9H2,1H3,(H,19,24)(H,25,26)(H,20,21,22). The molecule has 0 fully saturated rings. The summed E-state index contributed by atoms with van der Waals surface area (Å²) in [6, 6.07) is 12.5. The molecule has 1 amide bonds. The number of benzene rings is 2. The number of aromatic amines is 1. The lowest BCUT2D eigenvalue weighted by molar-refractivity contribution is -0.133. The van der Waals surface area contributed by atoms with Crippen LogP contribution in [-0.2, 0) is 9.59 Å². The van der Waals surface area contributed by atoms with Crippen molar-refractivity contribution >= 4 is 35.0 Å². The van der Waals surface area contributed by atoms with Crippen molar-refractivity contribution in [2.45, 2.75) is 12.1 Å². The van der Waals surface area contributed by atoms with Crippen LogP contribution in [0.5, 0.6) is 0 Å². The summed E-state index contributed by atoms with van der Waals surface area (Å²) < 4.78 is 0. The number of aromatic nitrogens is 3. The molecule has 0 unspecified atom stereocenters. The Morgan fingerprint density at radius 1 is 1.11 bits per heavy atom. The van der Waals surface area contributed by atoms with Crippen molar-refractivity contribution in [3.05, 3.63) is 42.5 Å². The molecular formula is C18H17N5O4S. The normalized spacial score (nSPS) is 10.5. The molecule has 144 valence electrons. The van der Waals surface area contributed by atoms with Gasteiger partial charge >= 0.3 is 5.97 Å². The maximum Gasteiger partial charge on any atom is 0.313 e. The summed E-state index contributed by atoms with van der Waals surface area (Å²) in [5, 5.41) is 28.0. The fourth-order valence-corrected chi connectivity index (χ4v) is 3.06. The number of carboxylic acid groups (broad SMARTS) is 1. The first-order valence-electron chi connectivity index (χ1n) is 8.15. The number of carboxylic acids is 1. The van der Waals surface area contributed by atoms with Crippen LogP contribution in [0.2, 0.25) is 0 Å². The molecular weight excluding hydrogens is 382 g/mol. The van der Waals surface area contributed by atoms with Crippen LogP contribution in [0.1, 0.15) is 6.92 Å². The third-order valence-corrected chi connectivity index (χ3v) is 4.47. The van der Waals surface area contributed by atoms with Crippen LogP contribution >= 0.6 is 11.8 Å². The van der Waals surface area contributed by atoms with Crippen LogP contribution in [-0.4, -0.2) is 43.1 Å². The van der Waals surface area contributed by atoms with E-state index in [1.54, 1.807) is 18.2 Å². The van der Waals surface area contributed by atoms with Gasteiger partial charge in [-0.1, -0.05) is 23.9 Å². The van der Waals surface area contributed by atoms with E-state index in [1.807, 2.05) is 24.3 Å². The molecule has 1 heterocycles. The molecule has 0 radical (unpaired) electrons. The molecule has 3 aromatic rings. The van der Waals surface area contributed by atoms with Gasteiger partial charge in [0.1, 0.15) is 0 Å². The molecule has 5 N–H and O–H groups in total. The second-order valence-electron chi connectivity index (χ2n) is 5.82. The number of anilines is 2. The highest BCUT2D eigenvalue weighted by molar-refractivity contribution is 7.99. The van der Waals surface area contributed by atoms with E-state index in [0.29, 0.717) is 27.9 Å². The Morgan fingerprint density at radius 2 is 1.86 bits per heavy atom. The Labute approximate surface area is 164 Å². The van der Waals surface area contributed by atoms with Crippen molar-refractivity contribution in [2.24, 2.45) is 0 Å². The minimum Gasteiger partial charge on any atom is -0.481 e. The third-order valence-electron chi connectivity index (χ3n) is 3.64. The van der Waals surface area contributed by atoms with Gasteiger partial charge in [-0.15, -0.1) is 5.10 Å². The number of hydrogen-bond acceptors (Lipinski definition) is 7. The van der Waals surface area contributed by atoms with Crippen LogP contribution in [0.4, 0.5) is 11.4 Å². The number of rotatable bonds is 7. The molecule has 0 atom stereocenters. The smallest absolute Gasteiger partial charge is 0.313 e. The van der Waals surface area contributed by atoms with Crippen molar-refractivity contribution in [1.82, 2.24) is 15.2 Å². The number of hydrogen-bond donors (Lipinski definition) is 5. The van der Waals surface area contributed by atoms with Crippen molar-refractivity contribution in [3.63, 3.8) is 0 Å². The summed E-state index contributed by atoms with van der Waals surface area (Å²) in [7, 11) is 0. The summed E-state index contributed by atoms with van der Waals surface area (Å²) in [4.78, 5) is 26.3. The first-order chi connectivity index (χ1) is 13.4. The van der Waals surface area contributed by atoms with Gasteiger partial charge in [-0.3, -0.25) is 25.4 Å². The van der Waals surface area contributed by atoms with Gasteiger partial charge in [0, 0.05) is 18.2 Å². The Balaban J connectivity index is 1.95. The van der Waals surface area contributed by atoms with Gasteiger partial charge in [0.15, 0.2) is 5.82 Å². The fraction of sp³-hybridized carbons (Fsp3) is 0.111. The zero-order valence-electron chi connectivity index (χ0n) is 14.8. The Bertz CT molecular complexity index is 1020. The van der Waals surface area contributed by atoms with E-state index in [4.69, 9.17) is 5.11 Å². The zero-order valence-corrected chi connectivity index (χ0v) is 15.6. The van der Waals surface area contributed by atoms with Crippen molar-refractivity contribution in [2.75, 3.05) is 16.5 Å². The number of carbonyl (C=O) groups excluding carboxylic acids is 1. The molecule has 2 aromatic carbocycles. The molecule has 0 bridgehead atoms. The van der Waals surface area contributed by atoms with Crippen molar-refractivity contribution in [1.29, 1.82) is 0 Å². The Hall–Kier alpha value is -3.37. The monoisotopic (exact) mass is 399 g/mol. The molecule has 0 saturated carbocycles. The van der Waals surface area contributed by atoms with Crippen LogP contribution < -0.4 is 10.8 Å². The summed E-state index contributed by atoms with van der Waals surface area (Å²) >= 11 is 1.00. The maximum absolute atomic E-state index is 11.3. The second kappa shape index (κ2) is 8.55. The molecule has 0 spiro atoms. The molecule has 0 aliphatic rings. The number of thioether (sulfide) groups is 1. The van der Waals surface area contributed by atoms with Crippen LogP contribution in [0, 0.1) is 0 Å². The predicted octanol–water partition coefficient (Wildman–Crippen LogP) is 3.07. The highest BCUT2D eigenvalue weighted by atomic mass is 32.2. The van der Waals surface area contributed by atoms with Gasteiger partial charge in [0.25, 0.3) is 0 Å². The van der Waals surface area contributed by atoms with Gasteiger partial charge < -0.3 is 10.4 Å². The highest BCUT2D eigenvalue weighted by Crippen LogP contribution is 2.30. The lowest BCUT2D eigenvalue weighted by atomic mass is 10.0. The predicted molar refractivity (Wildman–Crippen MR) is 105 cm³/mol. The van der Waals surface area contributed by atoms with Gasteiger partial charge in [0.05, 0.1) is 11.4 Å². The highest BCUT2D eigenvalue weighted by Gasteiger charge is 2.11. The number of amides is 1. The SMILES string of the molecule is CC(=O)Nc1cccc(-c2cc(NO)cc(-c3nc(SCC(=O)O)n[nH]3)c2)c1. The van der Waals surface area contributed by atoms with Gasteiger partial charge in [-0.05, 0) is 41.5 Å². The first-order valence-corrected chi connectivity index (χ1v) is 9.14. The minimum absolute atomic E-state index is 0.142. The average molecular weight is 399 g/mol. The Morgan fingerprint density at radius 3 is 2.57 bits per heavy atom. The van der Waals surface area contributed by atoms with E-state index in [0.717, 1.165) is 22.9 Å². The van der Waals surface area contributed by atoms with E-state index >= 15 is 0 Å². The number of H-pyrrole nitrogens is 1. The van der Waals surface area contributed by atoms with E-state index in [9.17, 15) is 14.8 Å². The fourth-order valence-electron chi connectivity index (χ4n) is 2.54. The largest absolute Gasteiger partial charge is 0.481 e. The quantitative estimate of drug-likeness (QED) is 0.302.